The molecule has 0 atom stereocenters. The van der Waals surface area contributed by atoms with Gasteiger partial charge in [-0.2, -0.15) is 0 Å². The minimum atomic E-state index is 0.0685. The van der Waals surface area contributed by atoms with Crippen LogP contribution >= 0.6 is 12.2 Å². The van der Waals surface area contributed by atoms with E-state index in [-0.39, 0.29) is 5.75 Å². The van der Waals surface area contributed by atoms with E-state index in [1.807, 2.05) is 0 Å². The summed E-state index contributed by atoms with van der Waals surface area (Å²) in [5, 5.41) is 15.9. The summed E-state index contributed by atoms with van der Waals surface area (Å²) in [5.74, 6) is 0.495. The molecule has 0 unspecified atom stereocenters. The normalized spacial score (nSPS) is 9.31. The third-order valence-electron chi connectivity index (χ3n) is 1.84. The van der Waals surface area contributed by atoms with Crippen molar-refractivity contribution < 1.29 is 9.84 Å². The monoisotopic (exact) mass is 238 g/mol. The van der Waals surface area contributed by atoms with Crippen molar-refractivity contribution in [2.75, 3.05) is 19.0 Å². The van der Waals surface area contributed by atoms with E-state index in [0.29, 0.717) is 23.1 Å². The minimum Gasteiger partial charge on any atom is -0.504 e. The number of phenolic OH excluding ortho intramolecular Hbond substituents is 1. The second-order valence-electron chi connectivity index (χ2n) is 3.01. The molecule has 0 aromatic heterocycles. The van der Waals surface area contributed by atoms with Gasteiger partial charge in [-0.25, -0.2) is 0 Å². The standard InChI is InChI=1S/C11H14N2O2S/c1-3-6-12-11(16)13-8-4-5-10(15-2)9(14)7-8/h3-5,7,14H,1,6H2,2H3,(H2,12,13,16). The molecule has 0 saturated carbocycles. The van der Waals surface area contributed by atoms with Gasteiger partial charge in [0.25, 0.3) is 0 Å². The van der Waals surface area contributed by atoms with Crippen molar-refractivity contribution in [3.8, 4) is 11.5 Å². The van der Waals surface area contributed by atoms with Gasteiger partial charge in [-0.05, 0) is 24.4 Å². The van der Waals surface area contributed by atoms with Gasteiger partial charge in [-0.3, -0.25) is 0 Å². The van der Waals surface area contributed by atoms with Crippen molar-refractivity contribution in [1.82, 2.24) is 5.32 Å². The topological polar surface area (TPSA) is 53.5 Å². The molecule has 0 aliphatic rings. The maximum atomic E-state index is 9.54. The van der Waals surface area contributed by atoms with Crippen LogP contribution in [0.1, 0.15) is 0 Å². The van der Waals surface area contributed by atoms with Crippen LogP contribution in [0.2, 0.25) is 0 Å². The molecule has 1 rings (SSSR count). The van der Waals surface area contributed by atoms with E-state index in [1.165, 1.54) is 7.11 Å². The highest BCUT2D eigenvalue weighted by molar-refractivity contribution is 7.80. The van der Waals surface area contributed by atoms with Crippen molar-refractivity contribution in [2.45, 2.75) is 0 Å². The van der Waals surface area contributed by atoms with Crippen LogP contribution in [-0.2, 0) is 0 Å². The number of rotatable bonds is 4. The number of aromatic hydroxyl groups is 1. The third kappa shape index (κ3) is 3.43. The van der Waals surface area contributed by atoms with Crippen LogP contribution in [0, 0.1) is 0 Å². The number of hydrogen-bond acceptors (Lipinski definition) is 3. The van der Waals surface area contributed by atoms with Crippen molar-refractivity contribution in [2.24, 2.45) is 0 Å². The molecule has 1 aromatic carbocycles. The first-order valence-corrected chi connectivity index (χ1v) is 5.11. The van der Waals surface area contributed by atoms with Gasteiger partial charge in [-0.1, -0.05) is 6.08 Å². The largest absolute Gasteiger partial charge is 0.504 e. The Bertz CT molecular complexity index is 394. The van der Waals surface area contributed by atoms with Gasteiger partial charge in [0.1, 0.15) is 0 Å². The minimum absolute atomic E-state index is 0.0685. The Kier molecular flexibility index (Phi) is 4.60. The molecule has 0 fully saturated rings. The Morgan fingerprint density at radius 1 is 1.62 bits per heavy atom. The van der Waals surface area contributed by atoms with Crippen LogP contribution in [0.5, 0.6) is 11.5 Å². The SMILES string of the molecule is C=CCNC(=S)Nc1ccc(OC)c(O)c1. The lowest BCUT2D eigenvalue weighted by Crippen LogP contribution is -2.28. The van der Waals surface area contributed by atoms with Gasteiger partial charge >= 0.3 is 0 Å². The van der Waals surface area contributed by atoms with E-state index >= 15 is 0 Å². The van der Waals surface area contributed by atoms with Crippen molar-refractivity contribution in [3.05, 3.63) is 30.9 Å². The molecule has 0 radical (unpaired) electrons. The predicted octanol–water partition coefficient (Wildman–Crippen LogP) is 1.87. The molecule has 4 nitrogen and oxygen atoms in total. The fourth-order valence-electron chi connectivity index (χ4n) is 1.11. The summed E-state index contributed by atoms with van der Waals surface area (Å²) in [5.41, 5.74) is 0.694. The Hall–Kier alpha value is -1.75. The number of anilines is 1. The molecule has 0 saturated heterocycles. The third-order valence-corrected chi connectivity index (χ3v) is 2.09. The molecule has 16 heavy (non-hydrogen) atoms. The number of nitrogens with one attached hydrogen (secondary N) is 2. The second-order valence-corrected chi connectivity index (χ2v) is 3.42. The Labute approximate surface area is 99.9 Å². The number of ether oxygens (including phenoxy) is 1. The number of benzene rings is 1. The van der Waals surface area contributed by atoms with Gasteiger partial charge < -0.3 is 20.5 Å². The zero-order valence-corrected chi connectivity index (χ0v) is 9.80. The lowest BCUT2D eigenvalue weighted by atomic mass is 10.3. The highest BCUT2D eigenvalue weighted by Gasteiger charge is 2.03. The fourth-order valence-corrected chi connectivity index (χ4v) is 1.31. The summed E-state index contributed by atoms with van der Waals surface area (Å²) < 4.78 is 4.93. The van der Waals surface area contributed by atoms with Crippen LogP contribution in [-0.4, -0.2) is 23.9 Å². The zero-order valence-electron chi connectivity index (χ0n) is 8.99. The summed E-state index contributed by atoms with van der Waals surface area (Å²) in [4.78, 5) is 0. The summed E-state index contributed by atoms with van der Waals surface area (Å²) in [6, 6.07) is 4.97. The molecule has 0 heterocycles. The molecule has 0 bridgehead atoms. The Balaban J connectivity index is 2.64. The molecular weight excluding hydrogens is 224 g/mol. The average molecular weight is 238 g/mol. The first-order valence-electron chi connectivity index (χ1n) is 4.70. The van der Waals surface area contributed by atoms with Gasteiger partial charge in [0.05, 0.1) is 7.11 Å². The van der Waals surface area contributed by atoms with Crippen molar-refractivity contribution >= 4 is 23.0 Å². The fraction of sp³-hybridized carbons (Fsp3) is 0.182. The van der Waals surface area contributed by atoms with Crippen LogP contribution in [0.15, 0.2) is 30.9 Å². The second kappa shape index (κ2) is 5.97. The Morgan fingerprint density at radius 3 is 2.94 bits per heavy atom. The quantitative estimate of drug-likeness (QED) is 0.552. The van der Waals surface area contributed by atoms with Gasteiger partial charge in [0.15, 0.2) is 16.6 Å². The first-order chi connectivity index (χ1) is 7.67. The van der Waals surface area contributed by atoms with E-state index in [2.05, 4.69) is 17.2 Å². The van der Waals surface area contributed by atoms with E-state index < -0.39 is 0 Å². The number of methoxy groups -OCH3 is 1. The summed E-state index contributed by atoms with van der Waals surface area (Å²) >= 11 is 5.02. The van der Waals surface area contributed by atoms with Crippen LogP contribution in [0.25, 0.3) is 0 Å². The van der Waals surface area contributed by atoms with Gasteiger partial charge in [0, 0.05) is 18.3 Å². The van der Waals surface area contributed by atoms with E-state index in [4.69, 9.17) is 17.0 Å². The van der Waals surface area contributed by atoms with Gasteiger partial charge in [-0.15, -0.1) is 6.58 Å². The van der Waals surface area contributed by atoms with Gasteiger partial charge in [0.2, 0.25) is 0 Å². The van der Waals surface area contributed by atoms with Crippen molar-refractivity contribution in [3.63, 3.8) is 0 Å². The van der Waals surface area contributed by atoms with E-state index in [1.54, 1.807) is 24.3 Å². The average Bonchev–Trinajstić information content (AvgIpc) is 2.26. The summed E-state index contributed by atoms with van der Waals surface area (Å²) in [6.07, 6.45) is 1.71. The molecule has 1 aromatic rings. The predicted molar refractivity (Wildman–Crippen MR) is 69.1 cm³/mol. The maximum Gasteiger partial charge on any atom is 0.171 e. The molecule has 0 spiro atoms. The summed E-state index contributed by atoms with van der Waals surface area (Å²) in [6.45, 7) is 4.16. The molecule has 0 aliphatic carbocycles. The molecule has 5 heteroatoms. The highest BCUT2D eigenvalue weighted by atomic mass is 32.1. The molecule has 3 N–H and O–H groups in total. The lowest BCUT2D eigenvalue weighted by Gasteiger charge is -2.10. The Morgan fingerprint density at radius 2 is 2.38 bits per heavy atom. The molecule has 86 valence electrons. The smallest absolute Gasteiger partial charge is 0.171 e. The van der Waals surface area contributed by atoms with E-state index in [9.17, 15) is 5.11 Å². The van der Waals surface area contributed by atoms with Crippen LogP contribution in [0.3, 0.4) is 0 Å². The maximum absolute atomic E-state index is 9.54. The number of thiocarbonyl (C=S) groups is 1. The van der Waals surface area contributed by atoms with Crippen molar-refractivity contribution in [1.29, 1.82) is 0 Å². The zero-order chi connectivity index (χ0) is 12.0. The number of phenols is 1. The van der Waals surface area contributed by atoms with Crippen LogP contribution in [0.4, 0.5) is 5.69 Å². The molecular formula is C11H14N2O2S. The van der Waals surface area contributed by atoms with E-state index in [0.717, 1.165) is 0 Å². The highest BCUT2D eigenvalue weighted by Crippen LogP contribution is 2.28. The molecule has 0 aliphatic heterocycles. The lowest BCUT2D eigenvalue weighted by molar-refractivity contribution is 0.373. The number of hydrogen-bond donors (Lipinski definition) is 3. The van der Waals surface area contributed by atoms with Crippen LogP contribution < -0.4 is 15.4 Å². The summed E-state index contributed by atoms with van der Waals surface area (Å²) in [7, 11) is 1.50. The molecule has 0 amide bonds. The first kappa shape index (κ1) is 12.3.